The van der Waals surface area contributed by atoms with Gasteiger partial charge < -0.3 is 24.8 Å². The van der Waals surface area contributed by atoms with Crippen molar-refractivity contribution in [3.63, 3.8) is 0 Å². The van der Waals surface area contributed by atoms with Crippen LogP contribution in [0.3, 0.4) is 0 Å². The average Bonchev–Trinajstić information content (AvgIpc) is 3.38. The molecule has 0 N–H and O–H groups in total. The summed E-state index contributed by atoms with van der Waals surface area (Å²) in [4.78, 5) is 2.75. The largest absolute Gasteiger partial charge is 1.00 e. The van der Waals surface area contributed by atoms with E-state index in [1.54, 1.807) is 0 Å². The summed E-state index contributed by atoms with van der Waals surface area (Å²) in [5.74, 6) is 0. The van der Waals surface area contributed by atoms with Gasteiger partial charge in [0, 0.05) is 0 Å². The van der Waals surface area contributed by atoms with E-state index in [4.69, 9.17) is 0 Å². The topological polar surface area (TPSA) is 0 Å². The van der Waals surface area contributed by atoms with Gasteiger partial charge in [-0.2, -0.15) is 0 Å². The molecule has 8 rings (SSSR count). The molecule has 0 fully saturated rings. The van der Waals surface area contributed by atoms with Gasteiger partial charge in [0.05, 0.1) is 0 Å². The second-order valence-corrected chi connectivity index (χ2v) is 15.5. The van der Waals surface area contributed by atoms with Gasteiger partial charge in [-0.05, 0) is 0 Å². The first-order chi connectivity index (χ1) is 16.7. The van der Waals surface area contributed by atoms with Crippen LogP contribution in [-0.4, -0.2) is 0 Å². The van der Waals surface area contributed by atoms with Crippen LogP contribution >= 0.6 is 43.6 Å². The molecule has 176 valence electrons. The third-order valence-corrected chi connectivity index (χ3v) is 13.5. The first kappa shape index (κ1) is 26.7. The van der Waals surface area contributed by atoms with Gasteiger partial charge in [0.2, 0.25) is 0 Å². The molecule has 6 heteroatoms. The van der Waals surface area contributed by atoms with Crippen LogP contribution in [0, 0.1) is 0 Å². The maximum absolute atomic E-state index is 3.98. The molecule has 2 atom stereocenters. The molecule has 2 aliphatic carbocycles. The van der Waals surface area contributed by atoms with Crippen molar-refractivity contribution in [2.24, 2.45) is 0 Å². The molecule has 0 aromatic heterocycles. The van der Waals surface area contributed by atoms with Crippen LogP contribution in [0.1, 0.15) is 29.5 Å². The van der Waals surface area contributed by atoms with Gasteiger partial charge in [0.15, 0.2) is 0 Å². The molecule has 0 saturated heterocycles. The summed E-state index contributed by atoms with van der Waals surface area (Å²) in [6.45, 7) is 0. The summed E-state index contributed by atoms with van der Waals surface area (Å²) >= 11 is 8.98. The van der Waals surface area contributed by atoms with Gasteiger partial charge in [-0.3, -0.25) is 0 Å². The average molecular weight is 732 g/mol. The molecule has 36 heavy (non-hydrogen) atoms. The fraction of sp³-hybridized carbons (Fsp3) is 0.0667. The van der Waals surface area contributed by atoms with Crippen LogP contribution in [0.15, 0.2) is 104 Å². The first-order valence-corrected chi connectivity index (χ1v) is 16.6. The van der Waals surface area contributed by atoms with Crippen molar-refractivity contribution < 1.29 is 48.0 Å². The van der Waals surface area contributed by atoms with Gasteiger partial charge in [0.1, 0.15) is 0 Å². The molecule has 0 radical (unpaired) electrons. The van der Waals surface area contributed by atoms with E-state index >= 15 is 0 Å². The Morgan fingerprint density at radius 2 is 1.36 bits per heavy atom. The maximum atomic E-state index is 3.98. The van der Waals surface area contributed by atoms with Crippen LogP contribution in [0.2, 0.25) is 0 Å². The number of fused-ring (bicyclic) bond motifs is 4. The summed E-state index contributed by atoms with van der Waals surface area (Å²) in [5.41, 5.74) is 11.0. The minimum atomic E-state index is -0.855. The van der Waals surface area contributed by atoms with Crippen molar-refractivity contribution in [3.8, 4) is 22.3 Å². The second kappa shape index (κ2) is 10.7. The number of allylic oxidation sites excluding steroid dienone is 2. The molecule has 2 bridgehead atoms. The second-order valence-electron chi connectivity index (χ2n) is 8.86. The molecular weight excluding hydrogens is 714 g/mol. The fourth-order valence-corrected chi connectivity index (χ4v) is 13.1. The predicted molar refractivity (Wildman–Crippen MR) is 147 cm³/mol. The molecule has 0 amide bonds. The van der Waals surface area contributed by atoms with Crippen LogP contribution in [0.25, 0.3) is 34.4 Å². The van der Waals surface area contributed by atoms with Crippen molar-refractivity contribution in [2.75, 3.05) is 0 Å². The summed E-state index contributed by atoms with van der Waals surface area (Å²) in [5, 5.41) is 0. The third-order valence-electron chi connectivity index (χ3n) is 6.87. The van der Waals surface area contributed by atoms with Crippen molar-refractivity contribution in [1.82, 2.24) is 0 Å². The van der Waals surface area contributed by atoms with Crippen molar-refractivity contribution in [2.45, 2.75) is 17.0 Å². The van der Waals surface area contributed by atoms with Crippen molar-refractivity contribution in [3.05, 3.63) is 116 Å². The Morgan fingerprint density at radius 3 is 2.14 bits per heavy atom. The molecule has 4 aromatic rings. The Morgan fingerprint density at radius 1 is 0.667 bits per heavy atom. The van der Waals surface area contributed by atoms with E-state index in [0.717, 1.165) is 0 Å². The van der Waals surface area contributed by atoms with E-state index in [2.05, 4.69) is 129 Å². The van der Waals surface area contributed by atoms with Crippen LogP contribution < -0.4 is 24.8 Å². The molecular formula is C30H18Br2Cl2SZr. The zero-order valence-electron chi connectivity index (χ0n) is 18.8. The normalized spacial score (nSPS) is 17.4. The Labute approximate surface area is 256 Å². The Bertz CT molecular complexity index is 1530. The zero-order chi connectivity index (χ0) is 22.8. The SMILES string of the molecule is Brc1cc(-c2ccccc2)cc2c1[CH]([Zr+2][CH]1C=Cc3c4c(cc(Br)c31)-c1ccc(cc1)S4)C=C2.[Cl-].[Cl-]. The van der Waals surface area contributed by atoms with E-state index in [9.17, 15) is 0 Å². The monoisotopic (exact) mass is 728 g/mol. The number of hydrogen-bond acceptors (Lipinski definition) is 1. The van der Waals surface area contributed by atoms with Crippen molar-refractivity contribution >= 4 is 55.8 Å². The van der Waals surface area contributed by atoms with Gasteiger partial charge in [-0.15, -0.1) is 0 Å². The molecule has 2 heterocycles. The zero-order valence-corrected chi connectivity index (χ0v) is 26.8. The maximum Gasteiger partial charge on any atom is -1.00 e. The number of hydrogen-bond donors (Lipinski definition) is 0. The quantitative estimate of drug-likeness (QED) is 0.271. The standard InChI is InChI=1S/C15H8BrS.C15H10Br.2ClH.Zr/c16-14-8-13-9-4-6-10(7-5-9)17-15(13)12-3-1-2-11(12)14;16-15-10-13(11-5-2-1-3-6-11)9-12-7-4-8-14(12)15;;;/h1-8H;1-10H;2*1H;/q;;;;+2/p-2. The molecule has 2 unspecified atom stereocenters. The molecule has 4 aromatic carbocycles. The van der Waals surface area contributed by atoms with Gasteiger partial charge >= 0.3 is 234 Å². The molecule has 4 aliphatic rings. The minimum absolute atomic E-state index is 0. The van der Waals surface area contributed by atoms with Gasteiger partial charge in [-0.25, -0.2) is 0 Å². The van der Waals surface area contributed by atoms with Crippen LogP contribution in [0.4, 0.5) is 0 Å². The fourth-order valence-electron chi connectivity index (χ4n) is 5.25. The van der Waals surface area contributed by atoms with E-state index in [1.807, 2.05) is 11.8 Å². The number of rotatable bonds is 3. The van der Waals surface area contributed by atoms with Crippen LogP contribution in [-0.2, 0) is 23.2 Å². The van der Waals surface area contributed by atoms with Crippen molar-refractivity contribution in [1.29, 1.82) is 0 Å². The molecule has 0 saturated carbocycles. The minimum Gasteiger partial charge on any atom is -1.00 e. The van der Waals surface area contributed by atoms with Crippen LogP contribution in [0.5, 0.6) is 0 Å². The first-order valence-electron chi connectivity index (χ1n) is 11.3. The Hall–Kier alpha value is -0.867. The molecule has 2 aliphatic heterocycles. The van der Waals surface area contributed by atoms with Gasteiger partial charge in [-0.1, -0.05) is 0 Å². The smallest absolute Gasteiger partial charge is 1.00 e. The summed E-state index contributed by atoms with van der Waals surface area (Å²) < 4.78 is 3.65. The Balaban J connectivity index is 0.00000133. The van der Waals surface area contributed by atoms with E-state index < -0.39 is 23.2 Å². The molecule has 0 spiro atoms. The molecule has 0 nitrogen and oxygen atoms in total. The Kier molecular flexibility index (Phi) is 7.96. The van der Waals surface area contributed by atoms with E-state index in [0.29, 0.717) is 7.25 Å². The number of halogens is 4. The third kappa shape index (κ3) is 4.51. The van der Waals surface area contributed by atoms with Gasteiger partial charge in [0.25, 0.3) is 0 Å². The summed E-state index contributed by atoms with van der Waals surface area (Å²) in [7, 11) is 0. The predicted octanol–water partition coefficient (Wildman–Crippen LogP) is 3.94. The van der Waals surface area contributed by atoms with E-state index in [-0.39, 0.29) is 24.8 Å². The summed E-state index contributed by atoms with van der Waals surface area (Å²) in [6.07, 6.45) is 9.70. The number of benzene rings is 4. The van der Waals surface area contributed by atoms with E-state index in [1.165, 1.54) is 63.2 Å². The summed E-state index contributed by atoms with van der Waals surface area (Å²) in [6, 6.07) is 26.7.